The minimum Gasteiger partial charge on any atom is -0.366 e. The molecule has 0 saturated heterocycles. The van der Waals surface area contributed by atoms with Gasteiger partial charge in [0.25, 0.3) is 5.91 Å². The van der Waals surface area contributed by atoms with Crippen molar-refractivity contribution < 1.29 is 4.79 Å². The molecule has 5 nitrogen and oxygen atoms in total. The third kappa shape index (κ3) is 3.21. The molecule has 3 aromatic rings. The average molecular weight is 331 g/mol. The maximum atomic E-state index is 11.5. The molecule has 0 radical (unpaired) electrons. The minimum absolute atomic E-state index is 0. The zero-order valence-corrected chi connectivity index (χ0v) is 13.8. The fourth-order valence-corrected chi connectivity index (χ4v) is 2.46. The van der Waals surface area contributed by atoms with Gasteiger partial charge < -0.3 is 11.1 Å². The first-order chi connectivity index (χ1) is 10.6. The largest absolute Gasteiger partial charge is 0.366 e. The molecule has 0 spiro atoms. The first kappa shape index (κ1) is 17.0. The Balaban J connectivity index is 0.00000192. The monoisotopic (exact) mass is 330 g/mol. The summed E-state index contributed by atoms with van der Waals surface area (Å²) in [7, 11) is 1.93. The van der Waals surface area contributed by atoms with E-state index in [0.717, 1.165) is 11.1 Å². The molecule has 1 amide bonds. The molecular formula is C17H19ClN4O. The van der Waals surface area contributed by atoms with Crippen LogP contribution in [0.3, 0.4) is 0 Å². The van der Waals surface area contributed by atoms with Crippen molar-refractivity contribution in [3.05, 3.63) is 59.8 Å². The lowest BCUT2D eigenvalue weighted by molar-refractivity contribution is 0.100. The molecule has 3 rings (SSSR count). The Morgan fingerprint density at radius 1 is 1.22 bits per heavy atom. The van der Waals surface area contributed by atoms with Crippen LogP contribution in [0.15, 0.2) is 48.7 Å². The number of carbonyl (C=O) groups is 1. The lowest BCUT2D eigenvalue weighted by Gasteiger charge is -2.11. The number of benzene rings is 2. The second-order valence-electron chi connectivity index (χ2n) is 5.28. The van der Waals surface area contributed by atoms with E-state index in [1.807, 2.05) is 37.5 Å². The van der Waals surface area contributed by atoms with Crippen molar-refractivity contribution in [3.8, 4) is 5.69 Å². The fraction of sp³-hybridized carbons (Fsp3) is 0.176. The molecule has 3 N–H and O–H groups in total. The highest BCUT2D eigenvalue weighted by atomic mass is 35.5. The van der Waals surface area contributed by atoms with Gasteiger partial charge in [-0.3, -0.25) is 4.79 Å². The molecule has 120 valence electrons. The summed E-state index contributed by atoms with van der Waals surface area (Å²) in [5.41, 5.74) is 8.62. The SMILES string of the molecule is CNC(C)c1ccc(-n2cc3cccc(C(N)=O)c3n2)cc1.Cl. The molecule has 1 heterocycles. The molecule has 0 bridgehead atoms. The standard InChI is InChI=1S/C17H18N4O.ClH/c1-11(19-2)12-6-8-14(9-7-12)21-10-13-4-3-5-15(17(18)22)16(13)20-21;/h3-11,19H,1-2H3,(H2,18,22);1H. The van der Waals surface area contributed by atoms with Crippen LogP contribution in [-0.4, -0.2) is 22.7 Å². The zero-order valence-electron chi connectivity index (χ0n) is 13.0. The van der Waals surface area contributed by atoms with Gasteiger partial charge in [-0.05, 0) is 37.7 Å². The van der Waals surface area contributed by atoms with Crippen LogP contribution in [0, 0.1) is 0 Å². The van der Waals surface area contributed by atoms with Crippen molar-refractivity contribution in [2.24, 2.45) is 5.73 Å². The summed E-state index contributed by atoms with van der Waals surface area (Å²) in [6.45, 7) is 2.11. The molecule has 0 fully saturated rings. The number of halogens is 1. The normalized spacial score (nSPS) is 11.9. The first-order valence-electron chi connectivity index (χ1n) is 7.16. The van der Waals surface area contributed by atoms with E-state index >= 15 is 0 Å². The summed E-state index contributed by atoms with van der Waals surface area (Å²) in [5, 5.41) is 8.60. The minimum atomic E-state index is -0.464. The Morgan fingerprint density at radius 2 is 1.91 bits per heavy atom. The summed E-state index contributed by atoms with van der Waals surface area (Å²) in [6.07, 6.45) is 1.90. The molecule has 23 heavy (non-hydrogen) atoms. The number of nitrogens with zero attached hydrogens (tertiary/aromatic N) is 2. The maximum absolute atomic E-state index is 11.5. The van der Waals surface area contributed by atoms with E-state index in [9.17, 15) is 4.79 Å². The number of primary amides is 1. The van der Waals surface area contributed by atoms with E-state index < -0.39 is 5.91 Å². The van der Waals surface area contributed by atoms with Gasteiger partial charge in [0, 0.05) is 17.6 Å². The summed E-state index contributed by atoms with van der Waals surface area (Å²) in [4.78, 5) is 11.5. The van der Waals surface area contributed by atoms with E-state index in [4.69, 9.17) is 5.73 Å². The molecular weight excluding hydrogens is 312 g/mol. The summed E-state index contributed by atoms with van der Waals surface area (Å²) >= 11 is 0. The highest BCUT2D eigenvalue weighted by Gasteiger charge is 2.11. The number of nitrogens with two attached hydrogens (primary N) is 1. The van der Waals surface area contributed by atoms with Gasteiger partial charge in [0.05, 0.1) is 11.3 Å². The van der Waals surface area contributed by atoms with Crippen molar-refractivity contribution in [2.45, 2.75) is 13.0 Å². The number of hydrogen-bond acceptors (Lipinski definition) is 3. The predicted molar refractivity (Wildman–Crippen MR) is 94.3 cm³/mol. The summed E-state index contributed by atoms with van der Waals surface area (Å²) in [6, 6.07) is 13.9. The summed E-state index contributed by atoms with van der Waals surface area (Å²) in [5.74, 6) is -0.464. The van der Waals surface area contributed by atoms with Gasteiger partial charge in [0.1, 0.15) is 5.52 Å². The molecule has 1 atom stereocenters. The van der Waals surface area contributed by atoms with Gasteiger partial charge in [-0.1, -0.05) is 24.3 Å². The van der Waals surface area contributed by atoms with E-state index in [2.05, 4.69) is 29.5 Å². The van der Waals surface area contributed by atoms with Crippen molar-refractivity contribution in [2.75, 3.05) is 7.05 Å². The fourth-order valence-electron chi connectivity index (χ4n) is 2.46. The maximum Gasteiger partial charge on any atom is 0.250 e. The van der Waals surface area contributed by atoms with Crippen molar-refractivity contribution >= 4 is 29.2 Å². The predicted octanol–water partition coefficient (Wildman–Crippen LogP) is 2.83. The van der Waals surface area contributed by atoms with Crippen LogP contribution >= 0.6 is 12.4 Å². The van der Waals surface area contributed by atoms with Crippen molar-refractivity contribution in [1.82, 2.24) is 15.1 Å². The van der Waals surface area contributed by atoms with Gasteiger partial charge in [-0.25, -0.2) is 4.68 Å². The van der Waals surface area contributed by atoms with Gasteiger partial charge in [-0.15, -0.1) is 12.4 Å². The van der Waals surface area contributed by atoms with E-state index in [1.165, 1.54) is 5.56 Å². The second-order valence-corrected chi connectivity index (χ2v) is 5.28. The number of hydrogen-bond donors (Lipinski definition) is 2. The van der Waals surface area contributed by atoms with Crippen LogP contribution in [0.1, 0.15) is 28.9 Å². The van der Waals surface area contributed by atoms with Gasteiger partial charge >= 0.3 is 0 Å². The third-order valence-corrected chi connectivity index (χ3v) is 3.89. The Hall–Kier alpha value is -2.37. The van der Waals surface area contributed by atoms with Crippen LogP contribution < -0.4 is 11.1 Å². The topological polar surface area (TPSA) is 72.9 Å². The zero-order chi connectivity index (χ0) is 15.7. The third-order valence-electron chi connectivity index (χ3n) is 3.89. The quantitative estimate of drug-likeness (QED) is 0.772. The smallest absolute Gasteiger partial charge is 0.250 e. The van der Waals surface area contributed by atoms with E-state index in [-0.39, 0.29) is 12.4 Å². The number of amides is 1. The second kappa shape index (κ2) is 6.81. The lowest BCUT2D eigenvalue weighted by atomic mass is 10.1. The number of carbonyl (C=O) groups excluding carboxylic acids is 1. The van der Waals surface area contributed by atoms with Crippen LogP contribution in [0.4, 0.5) is 0 Å². The van der Waals surface area contributed by atoms with E-state index in [1.54, 1.807) is 10.7 Å². The molecule has 1 aromatic heterocycles. The number of rotatable bonds is 4. The van der Waals surface area contributed by atoms with Gasteiger partial charge in [-0.2, -0.15) is 5.10 Å². The molecule has 0 saturated carbocycles. The lowest BCUT2D eigenvalue weighted by Crippen LogP contribution is -2.12. The first-order valence-corrected chi connectivity index (χ1v) is 7.16. The Labute approximate surface area is 140 Å². The van der Waals surface area contributed by atoms with Gasteiger partial charge in [0.2, 0.25) is 0 Å². The highest BCUT2D eigenvalue weighted by molar-refractivity contribution is 6.04. The Bertz CT molecular complexity index is 826. The molecule has 6 heteroatoms. The highest BCUT2D eigenvalue weighted by Crippen LogP contribution is 2.20. The molecule has 2 aromatic carbocycles. The summed E-state index contributed by atoms with van der Waals surface area (Å²) < 4.78 is 1.77. The van der Waals surface area contributed by atoms with Crippen LogP contribution in [0.5, 0.6) is 0 Å². The number of aromatic nitrogens is 2. The molecule has 1 unspecified atom stereocenters. The molecule has 0 aliphatic heterocycles. The van der Waals surface area contributed by atoms with Crippen LogP contribution in [-0.2, 0) is 0 Å². The van der Waals surface area contributed by atoms with Gasteiger partial charge in [0.15, 0.2) is 0 Å². The van der Waals surface area contributed by atoms with Crippen molar-refractivity contribution in [1.29, 1.82) is 0 Å². The van der Waals surface area contributed by atoms with Crippen LogP contribution in [0.2, 0.25) is 0 Å². The van der Waals surface area contributed by atoms with Crippen molar-refractivity contribution in [3.63, 3.8) is 0 Å². The molecule has 0 aliphatic rings. The Kier molecular flexibility index (Phi) is 5.03. The Morgan fingerprint density at radius 3 is 2.52 bits per heavy atom. The van der Waals surface area contributed by atoms with Crippen LogP contribution in [0.25, 0.3) is 16.6 Å². The van der Waals surface area contributed by atoms with E-state index in [0.29, 0.717) is 17.1 Å². The molecule has 0 aliphatic carbocycles. The average Bonchev–Trinajstić information content (AvgIpc) is 2.98. The number of nitrogens with one attached hydrogen (secondary N) is 1. The number of fused-ring (bicyclic) bond motifs is 1.